The van der Waals surface area contributed by atoms with Crippen LogP contribution in [0, 0.1) is 5.92 Å². The van der Waals surface area contributed by atoms with Crippen LogP contribution in [0.4, 0.5) is 0 Å². The molecule has 0 aromatic heterocycles. The van der Waals surface area contributed by atoms with E-state index in [0.29, 0.717) is 21.5 Å². The number of carbonyl (C=O) groups is 1. The van der Waals surface area contributed by atoms with Gasteiger partial charge in [0, 0.05) is 46.8 Å². The monoisotopic (exact) mass is 416 g/mol. The van der Waals surface area contributed by atoms with Gasteiger partial charge in [-0.1, -0.05) is 35.3 Å². The van der Waals surface area contributed by atoms with E-state index in [1.54, 1.807) is 23.9 Å². The van der Waals surface area contributed by atoms with Gasteiger partial charge in [-0.2, -0.15) is 0 Å². The second-order valence-corrected chi connectivity index (χ2v) is 7.66. The molecule has 1 heterocycles. The lowest BCUT2D eigenvalue weighted by atomic mass is 10.0. The zero-order valence-electron chi connectivity index (χ0n) is 13.4. The number of thioether (sulfide) groups is 1. The molecule has 2 aromatic rings. The Morgan fingerprint density at radius 3 is 2.72 bits per heavy atom. The Morgan fingerprint density at radius 1 is 1.20 bits per heavy atom. The van der Waals surface area contributed by atoms with Crippen molar-refractivity contribution in [3.8, 4) is 0 Å². The fourth-order valence-corrected chi connectivity index (χ4v) is 3.82. The number of amides is 1. The Hall–Kier alpha value is -0.910. The summed E-state index contributed by atoms with van der Waals surface area (Å²) >= 11 is 13.8. The molecule has 7 heteroatoms. The summed E-state index contributed by atoms with van der Waals surface area (Å²) in [6.07, 6.45) is 0. The molecule has 25 heavy (non-hydrogen) atoms. The first kappa shape index (κ1) is 20.4. The Balaban J connectivity index is 0.00000225. The molecule has 3 nitrogen and oxygen atoms in total. The molecule has 1 amide bonds. The van der Waals surface area contributed by atoms with Crippen molar-refractivity contribution in [2.75, 3.05) is 19.6 Å². The molecular weight excluding hydrogens is 399 g/mol. The summed E-state index contributed by atoms with van der Waals surface area (Å²) in [5.74, 6) is 1.26. The van der Waals surface area contributed by atoms with Crippen molar-refractivity contribution in [1.29, 1.82) is 0 Å². The van der Waals surface area contributed by atoms with E-state index in [2.05, 4.69) is 10.6 Å². The first-order chi connectivity index (χ1) is 11.6. The van der Waals surface area contributed by atoms with Crippen LogP contribution in [0.15, 0.2) is 47.4 Å². The van der Waals surface area contributed by atoms with Gasteiger partial charge in [-0.15, -0.1) is 24.2 Å². The van der Waals surface area contributed by atoms with Crippen molar-refractivity contribution in [2.24, 2.45) is 5.92 Å². The lowest BCUT2D eigenvalue weighted by Gasteiger charge is -2.27. The molecule has 1 fully saturated rings. The number of nitrogens with one attached hydrogen (secondary N) is 2. The Kier molecular flexibility index (Phi) is 7.91. The van der Waals surface area contributed by atoms with E-state index < -0.39 is 0 Å². The summed E-state index contributed by atoms with van der Waals surface area (Å²) in [6, 6.07) is 13.1. The van der Waals surface area contributed by atoms with E-state index in [-0.39, 0.29) is 18.3 Å². The standard InChI is InChI=1S/C18H18Cl2N2OS.ClH/c19-15-4-5-16(20)17(7-15)24-11-12-2-1-3-14(6-12)18(23)22-10-13-8-21-9-13;/h1-7,13,21H,8-11H2,(H,22,23);1H. The third-order valence-corrected chi connectivity index (χ3v) is 5.70. The average Bonchev–Trinajstić information content (AvgIpc) is 2.54. The summed E-state index contributed by atoms with van der Waals surface area (Å²) in [7, 11) is 0. The van der Waals surface area contributed by atoms with Crippen molar-refractivity contribution in [3.63, 3.8) is 0 Å². The van der Waals surface area contributed by atoms with Gasteiger partial charge in [-0.25, -0.2) is 0 Å². The second-order valence-electron chi connectivity index (χ2n) is 5.80. The molecule has 2 aromatic carbocycles. The third kappa shape index (κ3) is 5.80. The minimum absolute atomic E-state index is 0. The van der Waals surface area contributed by atoms with E-state index in [0.717, 1.165) is 35.8 Å². The van der Waals surface area contributed by atoms with E-state index >= 15 is 0 Å². The van der Waals surface area contributed by atoms with Crippen LogP contribution in [0.3, 0.4) is 0 Å². The average molecular weight is 418 g/mol. The fraction of sp³-hybridized carbons (Fsp3) is 0.278. The highest BCUT2D eigenvalue weighted by molar-refractivity contribution is 7.98. The Bertz CT molecular complexity index is 738. The highest BCUT2D eigenvalue weighted by Gasteiger charge is 2.17. The van der Waals surface area contributed by atoms with Gasteiger partial charge in [0.2, 0.25) is 0 Å². The Labute approximate surface area is 168 Å². The van der Waals surface area contributed by atoms with Crippen LogP contribution >= 0.6 is 47.4 Å². The smallest absolute Gasteiger partial charge is 0.251 e. The summed E-state index contributed by atoms with van der Waals surface area (Å²) < 4.78 is 0. The van der Waals surface area contributed by atoms with E-state index in [4.69, 9.17) is 23.2 Å². The lowest BCUT2D eigenvalue weighted by Crippen LogP contribution is -2.48. The summed E-state index contributed by atoms with van der Waals surface area (Å²) in [4.78, 5) is 13.2. The predicted octanol–water partition coefficient (Wildman–Crippen LogP) is 4.66. The minimum atomic E-state index is -0.0189. The summed E-state index contributed by atoms with van der Waals surface area (Å²) in [6.45, 7) is 2.69. The first-order valence-corrected chi connectivity index (χ1v) is 9.51. The number of rotatable bonds is 6. The van der Waals surface area contributed by atoms with Gasteiger partial charge in [0.1, 0.15) is 0 Å². The van der Waals surface area contributed by atoms with Crippen LogP contribution in [0.1, 0.15) is 15.9 Å². The van der Waals surface area contributed by atoms with Crippen molar-refractivity contribution in [3.05, 3.63) is 63.6 Å². The van der Waals surface area contributed by atoms with Crippen molar-refractivity contribution in [1.82, 2.24) is 10.6 Å². The van der Waals surface area contributed by atoms with Gasteiger partial charge in [0.25, 0.3) is 5.91 Å². The molecule has 1 aliphatic heterocycles. The molecule has 0 bridgehead atoms. The van der Waals surface area contributed by atoms with Gasteiger partial charge in [-0.3, -0.25) is 4.79 Å². The highest BCUT2D eigenvalue weighted by Crippen LogP contribution is 2.32. The molecule has 134 valence electrons. The number of hydrogen-bond acceptors (Lipinski definition) is 3. The molecule has 0 unspecified atom stereocenters. The number of benzene rings is 2. The molecule has 0 radical (unpaired) electrons. The maximum absolute atomic E-state index is 12.2. The summed E-state index contributed by atoms with van der Waals surface area (Å²) in [5, 5.41) is 7.55. The molecule has 0 aliphatic carbocycles. The molecule has 1 saturated heterocycles. The van der Waals surface area contributed by atoms with Crippen LogP contribution in [0.2, 0.25) is 10.0 Å². The maximum Gasteiger partial charge on any atom is 0.251 e. The van der Waals surface area contributed by atoms with Gasteiger partial charge in [-0.05, 0) is 35.9 Å². The molecule has 0 atom stereocenters. The minimum Gasteiger partial charge on any atom is -0.352 e. The van der Waals surface area contributed by atoms with E-state index in [9.17, 15) is 4.79 Å². The largest absolute Gasteiger partial charge is 0.352 e. The van der Waals surface area contributed by atoms with Gasteiger partial charge in [0.05, 0.1) is 5.02 Å². The van der Waals surface area contributed by atoms with Crippen LogP contribution in [0.25, 0.3) is 0 Å². The van der Waals surface area contributed by atoms with Crippen LogP contribution in [0.5, 0.6) is 0 Å². The van der Waals surface area contributed by atoms with Crippen molar-refractivity contribution < 1.29 is 4.79 Å². The molecule has 2 N–H and O–H groups in total. The summed E-state index contributed by atoms with van der Waals surface area (Å²) in [5.41, 5.74) is 1.77. The van der Waals surface area contributed by atoms with Crippen LogP contribution < -0.4 is 10.6 Å². The molecule has 0 saturated carbocycles. The fourth-order valence-electron chi connectivity index (χ4n) is 2.38. The quantitative estimate of drug-likeness (QED) is 0.672. The highest BCUT2D eigenvalue weighted by atomic mass is 35.5. The normalized spacial score (nSPS) is 13.7. The zero-order valence-corrected chi connectivity index (χ0v) is 16.6. The zero-order chi connectivity index (χ0) is 16.9. The number of hydrogen-bond donors (Lipinski definition) is 2. The molecular formula is C18H19Cl3N2OS. The van der Waals surface area contributed by atoms with Crippen molar-refractivity contribution in [2.45, 2.75) is 10.6 Å². The first-order valence-electron chi connectivity index (χ1n) is 7.77. The SMILES string of the molecule is Cl.O=C(NCC1CNC1)c1cccc(CSc2cc(Cl)ccc2Cl)c1. The number of carbonyl (C=O) groups excluding carboxylic acids is 1. The Morgan fingerprint density at radius 2 is 2.00 bits per heavy atom. The molecule has 0 spiro atoms. The van der Waals surface area contributed by atoms with Crippen LogP contribution in [-0.2, 0) is 5.75 Å². The molecule has 1 aliphatic rings. The van der Waals surface area contributed by atoms with Gasteiger partial charge in [0.15, 0.2) is 0 Å². The predicted molar refractivity (Wildman–Crippen MR) is 108 cm³/mol. The van der Waals surface area contributed by atoms with Crippen LogP contribution in [-0.4, -0.2) is 25.5 Å². The second kappa shape index (κ2) is 9.70. The number of halogens is 3. The maximum atomic E-state index is 12.2. The van der Waals surface area contributed by atoms with E-state index in [1.807, 2.05) is 30.3 Å². The van der Waals surface area contributed by atoms with Gasteiger partial charge < -0.3 is 10.6 Å². The van der Waals surface area contributed by atoms with E-state index in [1.165, 1.54) is 0 Å². The van der Waals surface area contributed by atoms with Gasteiger partial charge >= 0.3 is 0 Å². The third-order valence-electron chi connectivity index (χ3n) is 3.89. The lowest BCUT2D eigenvalue weighted by molar-refractivity contribution is 0.0942. The topological polar surface area (TPSA) is 41.1 Å². The van der Waals surface area contributed by atoms with Crippen molar-refractivity contribution >= 4 is 53.3 Å². The molecule has 3 rings (SSSR count).